The molecule has 0 aliphatic heterocycles. The average molecular weight is 200 g/mol. The van der Waals surface area contributed by atoms with Gasteiger partial charge in [-0.3, -0.25) is 4.79 Å². The van der Waals surface area contributed by atoms with Crippen molar-refractivity contribution in [1.82, 2.24) is 0 Å². The second-order valence-corrected chi connectivity index (χ2v) is 3.82. The molecule has 0 saturated heterocycles. The van der Waals surface area contributed by atoms with Crippen LogP contribution in [0.4, 0.5) is 0 Å². The first-order valence-corrected chi connectivity index (χ1v) is 4.35. The monoisotopic (exact) mass is 200 g/mol. The van der Waals surface area contributed by atoms with Gasteiger partial charge < -0.3 is 21.6 Å². The Balaban J connectivity index is 4.33. The molecular weight excluding hydrogens is 182 g/mol. The first-order valence-electron chi connectivity index (χ1n) is 4.35. The van der Waals surface area contributed by atoms with E-state index in [0.29, 0.717) is 6.54 Å². The molecule has 0 bridgehead atoms. The highest BCUT2D eigenvalue weighted by Gasteiger charge is 2.15. The summed E-state index contributed by atoms with van der Waals surface area (Å²) in [6, 6.07) is 0. The molecule has 0 spiro atoms. The number of aliphatic hydroxyl groups is 1. The normalized spacial score (nSPS) is 12.7. The van der Waals surface area contributed by atoms with Gasteiger partial charge in [-0.2, -0.15) is 0 Å². The van der Waals surface area contributed by atoms with E-state index >= 15 is 0 Å². The fraction of sp³-hybridized carbons (Fsp3) is 0.556. The van der Waals surface area contributed by atoms with Crippen LogP contribution in [0.5, 0.6) is 0 Å². The Morgan fingerprint density at radius 3 is 2.43 bits per heavy atom. The lowest BCUT2D eigenvalue weighted by Gasteiger charge is -2.13. The minimum atomic E-state index is -0.810. The molecule has 5 nitrogen and oxygen atoms in total. The summed E-state index contributed by atoms with van der Waals surface area (Å²) in [6.45, 7) is 5.24. The van der Waals surface area contributed by atoms with E-state index in [9.17, 15) is 9.90 Å². The van der Waals surface area contributed by atoms with Crippen LogP contribution in [0.2, 0.25) is 0 Å². The quantitative estimate of drug-likeness (QED) is 0.328. The topological polar surface area (TPSA) is 104 Å². The maximum atomic E-state index is 10.8. The molecular formula is C9H18N3O2+. The number of nitrogens with one attached hydrogen (secondary N) is 1. The molecule has 0 heterocycles. The lowest BCUT2D eigenvalue weighted by molar-refractivity contribution is -0.602. The fourth-order valence-electron chi connectivity index (χ4n) is 0.857. The zero-order valence-corrected chi connectivity index (χ0v) is 8.79. The molecule has 0 radical (unpaired) electrons. The van der Waals surface area contributed by atoms with Gasteiger partial charge in [0.2, 0.25) is 0 Å². The third-order valence-electron chi connectivity index (χ3n) is 1.57. The van der Waals surface area contributed by atoms with E-state index in [2.05, 4.69) is 0 Å². The largest absolute Gasteiger partial charge is 0.385 e. The molecule has 0 aliphatic rings. The van der Waals surface area contributed by atoms with Crippen LogP contribution in [0.15, 0.2) is 11.8 Å². The maximum absolute atomic E-state index is 10.8. The summed E-state index contributed by atoms with van der Waals surface area (Å²) in [5.74, 6) is -0.621. The molecule has 0 saturated carbocycles. The molecule has 0 aromatic rings. The summed E-state index contributed by atoms with van der Waals surface area (Å²) in [4.78, 5) is 10.8. The molecule has 6 N–H and O–H groups in total. The Labute approximate surface area is 83.5 Å². The Hall–Kier alpha value is -1.20. The van der Waals surface area contributed by atoms with Crippen LogP contribution >= 0.6 is 0 Å². The molecule has 0 aromatic heterocycles. The molecule has 0 aliphatic carbocycles. The maximum Gasteiger partial charge on any atom is 0.255 e. The minimum absolute atomic E-state index is 0.129. The van der Waals surface area contributed by atoms with Gasteiger partial charge in [-0.25, -0.2) is 0 Å². The van der Waals surface area contributed by atoms with Crippen molar-refractivity contribution in [3.8, 4) is 0 Å². The van der Waals surface area contributed by atoms with Crippen LogP contribution in [0, 0.1) is 5.41 Å². The van der Waals surface area contributed by atoms with E-state index in [1.807, 2.05) is 0 Å². The zero-order valence-electron chi connectivity index (χ0n) is 8.79. The smallest absolute Gasteiger partial charge is 0.255 e. The van der Waals surface area contributed by atoms with Crippen LogP contribution in [0.3, 0.4) is 0 Å². The van der Waals surface area contributed by atoms with Crippen LogP contribution in [0.25, 0.3) is 0 Å². The van der Waals surface area contributed by atoms with E-state index in [0.717, 1.165) is 0 Å². The molecule has 80 valence electrons. The number of nitrogens with two attached hydrogens (primary N) is 2. The first kappa shape index (κ1) is 12.8. The van der Waals surface area contributed by atoms with Crippen molar-refractivity contribution in [2.45, 2.75) is 26.4 Å². The second-order valence-electron chi connectivity index (χ2n) is 3.82. The van der Waals surface area contributed by atoms with E-state index < -0.39 is 11.5 Å². The van der Waals surface area contributed by atoms with E-state index in [4.69, 9.17) is 11.1 Å². The molecule has 0 unspecified atom stereocenters. The van der Waals surface area contributed by atoms with Gasteiger partial charge in [-0.05, 0) is 20.8 Å². The Bertz CT molecular complexity index is 248. The van der Waals surface area contributed by atoms with Gasteiger partial charge in [-0.15, -0.1) is 0 Å². The average Bonchev–Trinajstić information content (AvgIpc) is 1.94. The summed E-state index contributed by atoms with van der Waals surface area (Å²) in [6.07, 6.45) is 1.47. The van der Waals surface area contributed by atoms with Gasteiger partial charge >= 0.3 is 0 Å². The summed E-state index contributed by atoms with van der Waals surface area (Å²) in [5.41, 5.74) is 4.55. The molecule has 14 heavy (non-hydrogen) atoms. The highest BCUT2D eigenvalue weighted by atomic mass is 16.3. The zero-order chi connectivity index (χ0) is 11.4. The number of amides is 1. The lowest BCUT2D eigenvalue weighted by atomic mass is 10.1. The van der Waals surface area contributed by atoms with Crippen molar-refractivity contribution in [3.05, 3.63) is 11.8 Å². The van der Waals surface area contributed by atoms with Crippen molar-refractivity contribution < 1.29 is 15.2 Å². The fourth-order valence-corrected chi connectivity index (χ4v) is 0.857. The Morgan fingerprint density at radius 2 is 2.14 bits per heavy atom. The third-order valence-corrected chi connectivity index (χ3v) is 1.57. The predicted octanol–water partition coefficient (Wildman–Crippen LogP) is -1.27. The highest BCUT2D eigenvalue weighted by molar-refractivity contribution is 6.18. The Kier molecular flexibility index (Phi) is 4.46. The third kappa shape index (κ3) is 5.45. The van der Waals surface area contributed by atoms with Crippen LogP contribution in [-0.4, -0.2) is 28.9 Å². The molecule has 0 atom stereocenters. The van der Waals surface area contributed by atoms with Crippen molar-refractivity contribution in [1.29, 1.82) is 5.41 Å². The number of rotatable bonds is 5. The number of carbonyl (C=O) groups excluding carboxylic acids is 1. The second kappa shape index (κ2) is 4.88. The standard InChI is InChI=1S/C9H17N3O2/c1-6(10)7(8(11)13)4-12-5-9(2,3)14/h4,10,12,14H,5H2,1-3H3,(H2,11,13)/p+1/b7-4+,10-6?. The lowest BCUT2D eigenvalue weighted by Crippen LogP contribution is -2.82. The van der Waals surface area contributed by atoms with E-state index in [-0.39, 0.29) is 11.3 Å². The number of primary amides is 1. The molecule has 0 fully saturated rings. The SMILES string of the molecule is CC(=N)/C(=C\[NH2+]CC(C)(C)O)C(N)=O. The summed E-state index contributed by atoms with van der Waals surface area (Å²) >= 11 is 0. The summed E-state index contributed by atoms with van der Waals surface area (Å²) in [7, 11) is 0. The Morgan fingerprint density at radius 1 is 1.64 bits per heavy atom. The van der Waals surface area contributed by atoms with Crippen molar-refractivity contribution in [2.75, 3.05) is 6.54 Å². The molecule has 1 amide bonds. The van der Waals surface area contributed by atoms with Crippen molar-refractivity contribution in [2.24, 2.45) is 5.73 Å². The summed E-state index contributed by atoms with van der Waals surface area (Å²) in [5, 5.41) is 18.3. The molecule has 5 heteroatoms. The van der Waals surface area contributed by atoms with Gasteiger partial charge in [0.15, 0.2) is 0 Å². The van der Waals surface area contributed by atoms with Gasteiger partial charge in [0.25, 0.3) is 5.91 Å². The first-order chi connectivity index (χ1) is 6.24. The highest BCUT2D eigenvalue weighted by Crippen LogP contribution is 1.95. The number of carbonyl (C=O) groups is 1. The number of hydrogen-bond donors (Lipinski definition) is 4. The van der Waals surface area contributed by atoms with Crippen molar-refractivity contribution >= 4 is 11.6 Å². The number of hydrogen-bond acceptors (Lipinski definition) is 3. The van der Waals surface area contributed by atoms with Crippen LogP contribution in [-0.2, 0) is 4.79 Å². The number of quaternary nitrogens is 1. The minimum Gasteiger partial charge on any atom is -0.385 e. The van der Waals surface area contributed by atoms with Crippen LogP contribution in [0.1, 0.15) is 20.8 Å². The van der Waals surface area contributed by atoms with E-state index in [1.165, 1.54) is 13.1 Å². The van der Waals surface area contributed by atoms with Crippen LogP contribution < -0.4 is 11.1 Å². The molecule has 0 rings (SSSR count). The van der Waals surface area contributed by atoms with Gasteiger partial charge in [0, 0.05) is 5.71 Å². The van der Waals surface area contributed by atoms with Gasteiger partial charge in [-0.1, -0.05) is 0 Å². The van der Waals surface area contributed by atoms with Gasteiger partial charge in [0.1, 0.15) is 23.9 Å². The van der Waals surface area contributed by atoms with Crippen molar-refractivity contribution in [3.63, 3.8) is 0 Å². The van der Waals surface area contributed by atoms with E-state index in [1.54, 1.807) is 19.2 Å². The summed E-state index contributed by atoms with van der Waals surface area (Å²) < 4.78 is 0. The van der Waals surface area contributed by atoms with Gasteiger partial charge in [0.05, 0.1) is 0 Å². The predicted molar refractivity (Wildman–Crippen MR) is 53.8 cm³/mol. The molecule has 0 aromatic carbocycles.